The van der Waals surface area contributed by atoms with Gasteiger partial charge in [0.1, 0.15) is 12.4 Å². The summed E-state index contributed by atoms with van der Waals surface area (Å²) in [5.74, 6) is -0.146. The molecule has 0 heterocycles. The predicted octanol–water partition coefficient (Wildman–Crippen LogP) is 3.63. The first kappa shape index (κ1) is 17.5. The smallest absolute Gasteiger partial charge is 0.312 e. The molecule has 0 aromatic heterocycles. The van der Waals surface area contributed by atoms with Gasteiger partial charge in [-0.15, -0.1) is 0 Å². The molecule has 1 aromatic rings. The largest absolute Gasteiger partial charge is 0.492 e. The molecule has 118 valence electrons. The Hall–Kier alpha value is -1.55. The maximum atomic E-state index is 11.0. The third kappa shape index (κ3) is 5.38. The molecule has 4 heteroatoms. The number of nitrogens with one attached hydrogen (secondary N) is 1. The zero-order chi connectivity index (χ0) is 15.9. The first-order valence-electron chi connectivity index (χ1n) is 7.60. The van der Waals surface area contributed by atoms with Crippen LogP contribution in [0.4, 0.5) is 0 Å². The molecular weight excluding hydrogens is 266 g/mol. The lowest BCUT2D eigenvalue weighted by Crippen LogP contribution is -2.30. The van der Waals surface area contributed by atoms with Crippen molar-refractivity contribution in [3.8, 4) is 5.75 Å². The summed E-state index contributed by atoms with van der Waals surface area (Å²) in [6, 6.07) is 8.25. The Labute approximate surface area is 127 Å². The van der Waals surface area contributed by atoms with Crippen molar-refractivity contribution >= 4 is 5.97 Å². The number of rotatable bonds is 9. The Kier molecular flexibility index (Phi) is 6.69. The van der Waals surface area contributed by atoms with E-state index < -0.39 is 11.4 Å². The molecular formula is C17H27NO3. The summed E-state index contributed by atoms with van der Waals surface area (Å²) in [4.78, 5) is 11.0. The fourth-order valence-corrected chi connectivity index (χ4v) is 1.94. The van der Waals surface area contributed by atoms with Gasteiger partial charge in [0.25, 0.3) is 0 Å². The summed E-state index contributed by atoms with van der Waals surface area (Å²) in [7, 11) is 0. The van der Waals surface area contributed by atoms with Crippen LogP contribution in [0.25, 0.3) is 0 Å². The molecule has 0 aliphatic heterocycles. The number of hydrogen-bond donors (Lipinski definition) is 2. The SMILES string of the molecule is CCCNC(CC)c1ccc(OCC(C)(C)C(=O)O)cc1. The highest BCUT2D eigenvalue weighted by Crippen LogP contribution is 2.22. The van der Waals surface area contributed by atoms with Crippen molar-refractivity contribution in [3.05, 3.63) is 29.8 Å². The summed E-state index contributed by atoms with van der Waals surface area (Å²) < 4.78 is 5.58. The molecule has 2 N–H and O–H groups in total. The van der Waals surface area contributed by atoms with Crippen molar-refractivity contribution in [1.82, 2.24) is 5.32 Å². The lowest BCUT2D eigenvalue weighted by Gasteiger charge is -2.20. The van der Waals surface area contributed by atoms with Gasteiger partial charge >= 0.3 is 5.97 Å². The van der Waals surface area contributed by atoms with Crippen molar-refractivity contribution in [2.75, 3.05) is 13.2 Å². The fraction of sp³-hybridized carbons (Fsp3) is 0.588. The van der Waals surface area contributed by atoms with E-state index >= 15 is 0 Å². The van der Waals surface area contributed by atoms with Crippen LogP contribution in [0.2, 0.25) is 0 Å². The summed E-state index contributed by atoms with van der Waals surface area (Å²) in [5.41, 5.74) is 0.351. The molecule has 0 fully saturated rings. The second kappa shape index (κ2) is 8.03. The van der Waals surface area contributed by atoms with Gasteiger partial charge in [-0.1, -0.05) is 26.0 Å². The predicted molar refractivity (Wildman–Crippen MR) is 84.7 cm³/mol. The van der Waals surface area contributed by atoms with E-state index in [0.717, 1.165) is 19.4 Å². The number of carboxylic acid groups (broad SMARTS) is 1. The van der Waals surface area contributed by atoms with Crippen LogP contribution >= 0.6 is 0 Å². The Balaban J connectivity index is 2.63. The minimum atomic E-state index is -0.882. The normalized spacial score (nSPS) is 13.0. The molecule has 0 saturated carbocycles. The fourth-order valence-electron chi connectivity index (χ4n) is 1.94. The quantitative estimate of drug-likeness (QED) is 0.730. The van der Waals surface area contributed by atoms with Gasteiger partial charge in [-0.3, -0.25) is 4.79 Å². The number of carboxylic acids is 1. The molecule has 0 radical (unpaired) electrons. The van der Waals surface area contributed by atoms with Gasteiger partial charge < -0.3 is 15.2 Å². The number of hydrogen-bond acceptors (Lipinski definition) is 3. The summed E-state index contributed by atoms with van der Waals surface area (Å²) >= 11 is 0. The van der Waals surface area contributed by atoms with Crippen LogP contribution in [0.3, 0.4) is 0 Å². The van der Waals surface area contributed by atoms with Crippen molar-refractivity contribution in [2.24, 2.45) is 5.41 Å². The number of benzene rings is 1. The van der Waals surface area contributed by atoms with Crippen LogP contribution in [-0.2, 0) is 4.79 Å². The average molecular weight is 293 g/mol. The monoisotopic (exact) mass is 293 g/mol. The van der Waals surface area contributed by atoms with Gasteiger partial charge in [0.2, 0.25) is 0 Å². The summed E-state index contributed by atoms with van der Waals surface area (Å²) in [6.45, 7) is 8.79. The highest BCUT2D eigenvalue weighted by molar-refractivity contribution is 5.73. The van der Waals surface area contributed by atoms with Gasteiger partial charge in [0, 0.05) is 6.04 Å². The Morgan fingerprint density at radius 1 is 1.29 bits per heavy atom. The number of ether oxygens (including phenoxy) is 1. The minimum absolute atomic E-state index is 0.160. The molecule has 0 spiro atoms. The van der Waals surface area contributed by atoms with Gasteiger partial charge in [-0.2, -0.15) is 0 Å². The van der Waals surface area contributed by atoms with E-state index in [2.05, 4.69) is 19.2 Å². The number of aliphatic carboxylic acids is 1. The molecule has 1 aromatic carbocycles. The van der Waals surface area contributed by atoms with E-state index in [1.807, 2.05) is 24.3 Å². The molecule has 0 saturated heterocycles. The van der Waals surface area contributed by atoms with Gasteiger partial charge in [-0.25, -0.2) is 0 Å². The highest BCUT2D eigenvalue weighted by Gasteiger charge is 2.28. The molecule has 1 rings (SSSR count). The van der Waals surface area contributed by atoms with Crippen LogP contribution < -0.4 is 10.1 Å². The molecule has 0 aliphatic rings. The van der Waals surface area contributed by atoms with Crippen LogP contribution in [0.5, 0.6) is 5.75 Å². The van der Waals surface area contributed by atoms with E-state index in [0.29, 0.717) is 11.8 Å². The molecule has 4 nitrogen and oxygen atoms in total. The van der Waals surface area contributed by atoms with Crippen molar-refractivity contribution < 1.29 is 14.6 Å². The molecule has 0 amide bonds. The van der Waals surface area contributed by atoms with Crippen LogP contribution in [0.15, 0.2) is 24.3 Å². The lowest BCUT2D eigenvalue weighted by molar-refractivity contribution is -0.148. The van der Waals surface area contributed by atoms with Crippen molar-refractivity contribution in [1.29, 1.82) is 0 Å². The van der Waals surface area contributed by atoms with Crippen molar-refractivity contribution in [3.63, 3.8) is 0 Å². The van der Waals surface area contributed by atoms with E-state index in [9.17, 15) is 4.79 Å². The summed E-state index contributed by atoms with van der Waals surface area (Å²) in [6.07, 6.45) is 2.15. The minimum Gasteiger partial charge on any atom is -0.492 e. The maximum Gasteiger partial charge on any atom is 0.312 e. The van der Waals surface area contributed by atoms with Crippen LogP contribution in [0, 0.1) is 5.41 Å². The van der Waals surface area contributed by atoms with E-state index in [1.165, 1.54) is 5.56 Å². The van der Waals surface area contributed by atoms with Gasteiger partial charge in [0.15, 0.2) is 0 Å². The zero-order valence-corrected chi connectivity index (χ0v) is 13.5. The standard InChI is InChI=1S/C17H27NO3/c1-5-11-18-15(6-2)13-7-9-14(10-8-13)21-12-17(3,4)16(19)20/h7-10,15,18H,5-6,11-12H2,1-4H3,(H,19,20). The number of carbonyl (C=O) groups is 1. The summed E-state index contributed by atoms with van der Waals surface area (Å²) in [5, 5.41) is 12.6. The molecule has 0 aliphatic carbocycles. The Morgan fingerprint density at radius 3 is 2.38 bits per heavy atom. The van der Waals surface area contributed by atoms with Crippen LogP contribution in [0.1, 0.15) is 52.1 Å². The maximum absolute atomic E-state index is 11.0. The lowest BCUT2D eigenvalue weighted by atomic mass is 9.95. The molecule has 0 bridgehead atoms. The van der Waals surface area contributed by atoms with E-state index in [-0.39, 0.29) is 6.61 Å². The first-order valence-corrected chi connectivity index (χ1v) is 7.60. The van der Waals surface area contributed by atoms with Gasteiger partial charge in [-0.05, 0) is 50.9 Å². The Morgan fingerprint density at radius 2 is 1.90 bits per heavy atom. The molecule has 1 unspecified atom stereocenters. The second-order valence-electron chi connectivity index (χ2n) is 5.96. The van der Waals surface area contributed by atoms with Gasteiger partial charge in [0.05, 0.1) is 5.41 Å². The Bertz CT molecular complexity index is 440. The second-order valence-corrected chi connectivity index (χ2v) is 5.96. The molecule has 21 heavy (non-hydrogen) atoms. The molecule has 1 atom stereocenters. The topological polar surface area (TPSA) is 58.6 Å². The average Bonchev–Trinajstić information content (AvgIpc) is 2.47. The zero-order valence-electron chi connectivity index (χ0n) is 13.5. The highest BCUT2D eigenvalue weighted by atomic mass is 16.5. The van der Waals surface area contributed by atoms with Crippen LogP contribution in [-0.4, -0.2) is 24.2 Å². The third-order valence-corrected chi connectivity index (χ3v) is 3.51. The van der Waals surface area contributed by atoms with Crippen molar-refractivity contribution in [2.45, 2.75) is 46.6 Å². The third-order valence-electron chi connectivity index (χ3n) is 3.51. The first-order chi connectivity index (χ1) is 9.90. The van der Waals surface area contributed by atoms with E-state index in [1.54, 1.807) is 13.8 Å². The van der Waals surface area contributed by atoms with E-state index in [4.69, 9.17) is 9.84 Å².